The molecule has 2 aromatic heterocycles. The Kier molecular flexibility index (Phi) is 7.27. The lowest BCUT2D eigenvalue weighted by Gasteiger charge is -2.24. The van der Waals surface area contributed by atoms with Gasteiger partial charge in [-0.15, -0.1) is 0 Å². The SMILES string of the molecule is CC[C@@H](c1ccccc1)n1c(=O)c(NCCC(=O)O)nc2ccc(N(C)C(=O)N(C)C)nc21. The first-order chi connectivity index (χ1) is 15.7. The molecule has 0 aliphatic carbocycles. The van der Waals surface area contributed by atoms with Gasteiger partial charge in [0.05, 0.1) is 12.5 Å². The smallest absolute Gasteiger partial charge is 0.324 e. The van der Waals surface area contributed by atoms with Crippen LogP contribution in [0.3, 0.4) is 0 Å². The number of rotatable bonds is 8. The van der Waals surface area contributed by atoms with E-state index in [0.717, 1.165) is 5.56 Å². The van der Waals surface area contributed by atoms with Crippen molar-refractivity contribution >= 4 is 34.8 Å². The minimum absolute atomic E-state index is 0.0606. The van der Waals surface area contributed by atoms with Crippen molar-refractivity contribution in [2.24, 2.45) is 0 Å². The van der Waals surface area contributed by atoms with Gasteiger partial charge >= 0.3 is 12.0 Å². The molecule has 3 aromatic rings. The number of nitrogens with one attached hydrogen (secondary N) is 1. The molecule has 0 saturated carbocycles. The number of pyridine rings is 1. The summed E-state index contributed by atoms with van der Waals surface area (Å²) in [6, 6.07) is 12.4. The first kappa shape index (κ1) is 23.7. The van der Waals surface area contributed by atoms with E-state index < -0.39 is 11.5 Å². The van der Waals surface area contributed by atoms with E-state index >= 15 is 0 Å². The number of anilines is 2. The number of carbonyl (C=O) groups excluding carboxylic acids is 1. The molecule has 0 aliphatic rings. The highest BCUT2D eigenvalue weighted by atomic mass is 16.4. The summed E-state index contributed by atoms with van der Waals surface area (Å²) in [5, 5.41) is 11.8. The average molecular weight is 453 g/mol. The van der Waals surface area contributed by atoms with E-state index in [2.05, 4.69) is 15.3 Å². The lowest BCUT2D eigenvalue weighted by atomic mass is 10.0. The molecule has 3 rings (SSSR count). The third-order valence-electron chi connectivity index (χ3n) is 5.25. The summed E-state index contributed by atoms with van der Waals surface area (Å²) in [5.74, 6) is -0.532. The Morgan fingerprint density at radius 1 is 1.09 bits per heavy atom. The molecule has 0 radical (unpaired) electrons. The molecular weight excluding hydrogens is 424 g/mol. The zero-order valence-corrected chi connectivity index (χ0v) is 19.1. The second-order valence-corrected chi connectivity index (χ2v) is 7.79. The molecule has 10 nitrogen and oxygen atoms in total. The lowest BCUT2D eigenvalue weighted by molar-refractivity contribution is -0.136. The van der Waals surface area contributed by atoms with Crippen LogP contribution >= 0.6 is 0 Å². The van der Waals surface area contributed by atoms with Gasteiger partial charge in [-0.05, 0) is 24.1 Å². The molecule has 0 spiro atoms. The summed E-state index contributed by atoms with van der Waals surface area (Å²) in [7, 11) is 4.91. The van der Waals surface area contributed by atoms with Crippen molar-refractivity contribution in [3.63, 3.8) is 0 Å². The van der Waals surface area contributed by atoms with Crippen molar-refractivity contribution in [1.29, 1.82) is 0 Å². The highest BCUT2D eigenvalue weighted by Crippen LogP contribution is 2.26. The van der Waals surface area contributed by atoms with Gasteiger partial charge in [0.1, 0.15) is 11.3 Å². The van der Waals surface area contributed by atoms with E-state index in [1.165, 1.54) is 9.80 Å². The number of carboxylic acids is 1. The fourth-order valence-corrected chi connectivity index (χ4v) is 3.59. The number of benzene rings is 1. The molecule has 0 aliphatic heterocycles. The molecule has 2 amide bonds. The number of carbonyl (C=O) groups is 2. The number of aliphatic carboxylic acids is 1. The predicted molar refractivity (Wildman–Crippen MR) is 127 cm³/mol. The van der Waals surface area contributed by atoms with E-state index in [1.54, 1.807) is 37.8 Å². The van der Waals surface area contributed by atoms with E-state index in [-0.39, 0.29) is 30.9 Å². The second-order valence-electron chi connectivity index (χ2n) is 7.79. The third-order valence-corrected chi connectivity index (χ3v) is 5.25. The molecule has 0 unspecified atom stereocenters. The predicted octanol–water partition coefficient (Wildman–Crippen LogP) is 2.80. The monoisotopic (exact) mass is 452 g/mol. The van der Waals surface area contributed by atoms with Gasteiger partial charge in [0.15, 0.2) is 11.5 Å². The minimum atomic E-state index is -0.973. The minimum Gasteiger partial charge on any atom is -0.481 e. The van der Waals surface area contributed by atoms with Crippen LogP contribution in [0, 0.1) is 0 Å². The van der Waals surface area contributed by atoms with Crippen LogP contribution in [-0.2, 0) is 4.79 Å². The van der Waals surface area contributed by atoms with E-state index in [1.807, 2.05) is 37.3 Å². The topological polar surface area (TPSA) is 121 Å². The van der Waals surface area contributed by atoms with Gasteiger partial charge in [-0.25, -0.2) is 14.8 Å². The normalized spacial score (nSPS) is 11.8. The molecule has 2 N–H and O–H groups in total. The molecule has 0 bridgehead atoms. The molecule has 0 saturated heterocycles. The molecule has 33 heavy (non-hydrogen) atoms. The zero-order valence-electron chi connectivity index (χ0n) is 19.1. The summed E-state index contributed by atoms with van der Waals surface area (Å²) in [6.07, 6.45) is 0.458. The average Bonchev–Trinajstić information content (AvgIpc) is 2.80. The molecule has 174 valence electrons. The van der Waals surface area contributed by atoms with Gasteiger partial charge in [-0.2, -0.15) is 0 Å². The Morgan fingerprint density at radius 2 is 1.79 bits per heavy atom. The number of hydrogen-bond acceptors (Lipinski definition) is 6. The van der Waals surface area contributed by atoms with Gasteiger partial charge in [-0.1, -0.05) is 37.3 Å². The van der Waals surface area contributed by atoms with Crippen molar-refractivity contribution in [1.82, 2.24) is 19.4 Å². The van der Waals surface area contributed by atoms with Gasteiger partial charge in [0, 0.05) is 27.7 Å². The van der Waals surface area contributed by atoms with Crippen LogP contribution in [0.5, 0.6) is 0 Å². The summed E-state index contributed by atoms with van der Waals surface area (Å²) >= 11 is 0. The summed E-state index contributed by atoms with van der Waals surface area (Å²) in [5.41, 5.74) is 1.32. The Hall–Kier alpha value is -3.95. The van der Waals surface area contributed by atoms with Crippen LogP contribution in [0.1, 0.15) is 31.4 Å². The van der Waals surface area contributed by atoms with Crippen molar-refractivity contribution < 1.29 is 14.7 Å². The standard InChI is InChI=1S/C23H28N6O4/c1-5-17(15-9-7-6-8-10-15)29-21-16(25-20(22(29)32)24-14-13-19(30)31)11-12-18(26-21)28(4)23(33)27(2)3/h6-12,17H,5,13-14H2,1-4H3,(H,24,25)(H,30,31)/t17-/m0/s1. The van der Waals surface area contributed by atoms with Gasteiger partial charge in [-0.3, -0.25) is 19.1 Å². The first-order valence-corrected chi connectivity index (χ1v) is 10.6. The number of aromatic nitrogens is 3. The molecule has 1 aromatic carbocycles. The number of carboxylic acid groups (broad SMARTS) is 1. The van der Waals surface area contributed by atoms with Crippen molar-refractivity contribution in [2.45, 2.75) is 25.8 Å². The molecule has 0 fully saturated rings. The van der Waals surface area contributed by atoms with E-state index in [4.69, 9.17) is 5.11 Å². The van der Waals surface area contributed by atoms with Crippen LogP contribution in [0.2, 0.25) is 0 Å². The fourth-order valence-electron chi connectivity index (χ4n) is 3.59. The van der Waals surface area contributed by atoms with Crippen LogP contribution < -0.4 is 15.8 Å². The summed E-state index contributed by atoms with van der Waals surface area (Å²) < 4.78 is 1.57. The number of fused-ring (bicyclic) bond motifs is 1. The maximum absolute atomic E-state index is 13.5. The van der Waals surface area contributed by atoms with Crippen LogP contribution in [0.15, 0.2) is 47.3 Å². The zero-order chi connectivity index (χ0) is 24.1. The van der Waals surface area contributed by atoms with Crippen molar-refractivity contribution in [3.8, 4) is 0 Å². The van der Waals surface area contributed by atoms with Gasteiger partial charge < -0.3 is 15.3 Å². The maximum atomic E-state index is 13.5. The summed E-state index contributed by atoms with van der Waals surface area (Å²) in [4.78, 5) is 48.8. The quantitative estimate of drug-likeness (QED) is 0.539. The maximum Gasteiger partial charge on any atom is 0.324 e. The molecule has 10 heteroatoms. The van der Waals surface area contributed by atoms with Gasteiger partial charge in [0.25, 0.3) is 5.56 Å². The Morgan fingerprint density at radius 3 is 2.39 bits per heavy atom. The van der Waals surface area contributed by atoms with E-state index in [0.29, 0.717) is 23.4 Å². The molecule has 1 atom stereocenters. The molecule has 2 heterocycles. The number of amides is 2. The van der Waals surface area contributed by atoms with Crippen LogP contribution in [-0.4, -0.2) is 64.2 Å². The number of hydrogen-bond donors (Lipinski definition) is 2. The van der Waals surface area contributed by atoms with Gasteiger partial charge in [0.2, 0.25) is 0 Å². The molecular formula is C23H28N6O4. The second kappa shape index (κ2) is 10.1. The number of nitrogens with zero attached hydrogens (tertiary/aromatic N) is 5. The van der Waals surface area contributed by atoms with Crippen LogP contribution in [0.25, 0.3) is 11.2 Å². The Labute approximate surface area is 191 Å². The highest BCUT2D eigenvalue weighted by Gasteiger charge is 2.22. The third kappa shape index (κ3) is 5.11. The summed E-state index contributed by atoms with van der Waals surface area (Å²) in [6.45, 7) is 2.04. The lowest BCUT2D eigenvalue weighted by Crippen LogP contribution is -2.37. The van der Waals surface area contributed by atoms with Crippen molar-refractivity contribution in [2.75, 3.05) is 37.9 Å². The van der Waals surface area contributed by atoms with Crippen molar-refractivity contribution in [3.05, 3.63) is 58.4 Å². The highest BCUT2D eigenvalue weighted by molar-refractivity contribution is 5.91. The number of urea groups is 1. The van der Waals surface area contributed by atoms with E-state index in [9.17, 15) is 14.4 Å². The first-order valence-electron chi connectivity index (χ1n) is 10.6. The Balaban J connectivity index is 2.21. The largest absolute Gasteiger partial charge is 0.481 e. The van der Waals surface area contributed by atoms with Crippen LogP contribution in [0.4, 0.5) is 16.4 Å². The Bertz CT molecular complexity index is 1210. The fraction of sp³-hybridized carbons (Fsp3) is 0.348.